The predicted molar refractivity (Wildman–Crippen MR) is 65.8 cm³/mol. The minimum Gasteiger partial charge on any atom is -0.387 e. The van der Waals surface area contributed by atoms with E-state index >= 15 is 0 Å². The molecule has 5 N–H and O–H groups in total. The maximum absolute atomic E-state index is 14.0. The smallest absolute Gasteiger partial charge is 0.277 e. The first-order valence-corrected chi connectivity index (χ1v) is 5.94. The van der Waals surface area contributed by atoms with Crippen LogP contribution < -0.4 is 11.1 Å². The van der Waals surface area contributed by atoms with Crippen LogP contribution in [-0.4, -0.2) is 64.3 Å². The number of carbonyl (C=O) groups is 1. The van der Waals surface area contributed by atoms with Gasteiger partial charge < -0.3 is 9.84 Å². The van der Waals surface area contributed by atoms with Crippen LogP contribution in [0.2, 0.25) is 0 Å². The van der Waals surface area contributed by atoms with Gasteiger partial charge in [0.05, 0.1) is 12.4 Å². The van der Waals surface area contributed by atoms with E-state index in [1.54, 1.807) is 0 Å². The second-order valence-corrected chi connectivity index (χ2v) is 4.82. The quantitative estimate of drug-likeness (QED) is 0.437. The zero-order valence-electron chi connectivity index (χ0n) is 10.4. The number of nitrogens with zero attached hydrogens (tertiary/aromatic N) is 3. The molecule has 3 aliphatic heterocycles. The zero-order chi connectivity index (χ0) is 14.7. The number of hydrogen-bond acceptors (Lipinski definition) is 7. The van der Waals surface area contributed by atoms with Crippen LogP contribution >= 0.6 is 0 Å². The van der Waals surface area contributed by atoms with E-state index in [2.05, 4.69) is 15.3 Å². The Kier molecular flexibility index (Phi) is 2.64. The predicted octanol–water partition coefficient (Wildman–Crippen LogP) is -2.11. The Balaban J connectivity index is 1.96. The number of amides is 1. The SMILES string of the molecule is C[C@H]1O[C@@H](N2C=NC3(N)C(=O)NC(=N)N=C23)C(F)C1O. The summed E-state index contributed by atoms with van der Waals surface area (Å²) in [6.45, 7) is 1.53. The van der Waals surface area contributed by atoms with E-state index in [0.29, 0.717) is 0 Å². The molecule has 10 heteroatoms. The van der Waals surface area contributed by atoms with Crippen LogP contribution in [-0.2, 0) is 9.53 Å². The van der Waals surface area contributed by atoms with E-state index in [4.69, 9.17) is 15.9 Å². The minimum absolute atomic E-state index is 0.0970. The first-order valence-electron chi connectivity index (χ1n) is 5.94. The third-order valence-electron chi connectivity index (χ3n) is 3.47. The third-order valence-corrected chi connectivity index (χ3v) is 3.47. The lowest BCUT2D eigenvalue weighted by atomic mass is 10.1. The highest BCUT2D eigenvalue weighted by Crippen LogP contribution is 2.30. The van der Waals surface area contributed by atoms with Crippen molar-refractivity contribution in [2.24, 2.45) is 15.7 Å². The molecule has 3 unspecified atom stereocenters. The fourth-order valence-electron chi connectivity index (χ4n) is 2.31. The summed E-state index contributed by atoms with van der Waals surface area (Å²) in [6, 6.07) is 0. The van der Waals surface area contributed by atoms with Crippen molar-refractivity contribution in [2.45, 2.75) is 37.2 Å². The summed E-state index contributed by atoms with van der Waals surface area (Å²) in [5, 5.41) is 19.1. The van der Waals surface area contributed by atoms with E-state index in [-0.39, 0.29) is 5.84 Å². The van der Waals surface area contributed by atoms with Crippen molar-refractivity contribution in [3.8, 4) is 0 Å². The number of aliphatic imine (C=N–C) groups is 2. The number of halogens is 1. The fourth-order valence-corrected chi connectivity index (χ4v) is 2.31. The van der Waals surface area contributed by atoms with Crippen LogP contribution in [0.3, 0.4) is 0 Å². The lowest BCUT2D eigenvalue weighted by Gasteiger charge is -2.31. The molecular formula is C10H13FN6O3. The number of nitrogens with two attached hydrogens (primary N) is 1. The van der Waals surface area contributed by atoms with Gasteiger partial charge in [-0.3, -0.25) is 26.2 Å². The highest BCUT2D eigenvalue weighted by atomic mass is 19.1. The third kappa shape index (κ3) is 1.58. The molecule has 0 radical (unpaired) electrons. The van der Waals surface area contributed by atoms with E-state index in [0.717, 1.165) is 11.2 Å². The number of ether oxygens (including phenoxy) is 1. The van der Waals surface area contributed by atoms with E-state index in [1.807, 2.05) is 0 Å². The highest BCUT2D eigenvalue weighted by Gasteiger charge is 2.55. The van der Waals surface area contributed by atoms with E-state index in [1.165, 1.54) is 6.92 Å². The van der Waals surface area contributed by atoms with Crippen LogP contribution in [0.1, 0.15) is 6.92 Å². The number of nitrogens with one attached hydrogen (secondary N) is 2. The van der Waals surface area contributed by atoms with Crippen LogP contribution in [0.25, 0.3) is 0 Å². The van der Waals surface area contributed by atoms with Gasteiger partial charge in [0, 0.05) is 0 Å². The van der Waals surface area contributed by atoms with E-state index in [9.17, 15) is 14.3 Å². The molecule has 0 spiro atoms. The fraction of sp³-hybridized carbons (Fsp3) is 0.600. The molecule has 0 saturated carbocycles. The Morgan fingerprint density at radius 3 is 3.00 bits per heavy atom. The molecule has 3 rings (SSSR count). The van der Waals surface area contributed by atoms with Crippen molar-refractivity contribution in [1.29, 1.82) is 5.41 Å². The molecule has 9 nitrogen and oxygen atoms in total. The molecule has 0 aromatic rings. The summed E-state index contributed by atoms with van der Waals surface area (Å²) >= 11 is 0. The van der Waals surface area contributed by atoms with Crippen LogP contribution in [0.5, 0.6) is 0 Å². The Labute approximate surface area is 112 Å². The monoisotopic (exact) mass is 284 g/mol. The van der Waals surface area contributed by atoms with Crippen LogP contribution in [0, 0.1) is 5.41 Å². The van der Waals surface area contributed by atoms with Gasteiger partial charge >= 0.3 is 0 Å². The molecular weight excluding hydrogens is 271 g/mol. The summed E-state index contributed by atoms with van der Waals surface area (Å²) in [5.41, 5.74) is 4.02. The van der Waals surface area contributed by atoms with Gasteiger partial charge in [-0.05, 0) is 6.92 Å². The topological polar surface area (TPSA) is 136 Å². The summed E-state index contributed by atoms with van der Waals surface area (Å²) in [4.78, 5) is 20.6. The largest absolute Gasteiger partial charge is 0.387 e. The van der Waals surface area contributed by atoms with Crippen molar-refractivity contribution < 1.29 is 19.0 Å². The molecule has 0 bridgehead atoms. The maximum atomic E-state index is 14.0. The molecule has 1 fully saturated rings. The van der Waals surface area contributed by atoms with Crippen molar-refractivity contribution >= 4 is 24.0 Å². The van der Waals surface area contributed by atoms with Crippen molar-refractivity contribution in [3.63, 3.8) is 0 Å². The molecule has 20 heavy (non-hydrogen) atoms. The minimum atomic E-state index is -1.80. The van der Waals surface area contributed by atoms with Crippen molar-refractivity contribution in [1.82, 2.24) is 10.2 Å². The van der Waals surface area contributed by atoms with Crippen molar-refractivity contribution in [3.05, 3.63) is 0 Å². The van der Waals surface area contributed by atoms with Gasteiger partial charge in [0.2, 0.25) is 11.6 Å². The Bertz CT molecular complexity index is 551. The number of fused-ring (bicyclic) bond motifs is 1. The first-order chi connectivity index (χ1) is 9.34. The number of hydrogen-bond donors (Lipinski definition) is 4. The second-order valence-electron chi connectivity index (χ2n) is 4.82. The average Bonchev–Trinajstić information content (AvgIpc) is 2.84. The molecule has 0 aromatic heterocycles. The first kappa shape index (κ1) is 13.1. The van der Waals surface area contributed by atoms with Gasteiger partial charge in [0.25, 0.3) is 5.91 Å². The number of guanidine groups is 1. The normalized spacial score (nSPS) is 43.6. The summed E-state index contributed by atoms with van der Waals surface area (Å²) in [6.07, 6.45) is -3.77. The standard InChI is InChI=1S/C10H13FN6O3/c1-3-5(18)4(11)6(20-3)17-2-14-10(13)7(17)15-9(12)16-8(10)19/h2-6,18H,13H2,1H3,(H2,12,16,19)/t3-,4?,5?,6-,10?/m1/s1. The molecule has 0 aliphatic carbocycles. The Morgan fingerprint density at radius 2 is 2.40 bits per heavy atom. The number of aliphatic hydroxyl groups is 1. The summed E-state index contributed by atoms with van der Waals surface area (Å²) < 4.78 is 19.3. The van der Waals surface area contributed by atoms with Crippen LogP contribution in [0.4, 0.5) is 4.39 Å². The van der Waals surface area contributed by atoms with E-state index < -0.39 is 42.1 Å². The molecule has 5 atom stereocenters. The molecule has 108 valence electrons. The number of rotatable bonds is 1. The molecule has 3 aliphatic rings. The van der Waals surface area contributed by atoms with Gasteiger partial charge in [-0.15, -0.1) is 0 Å². The number of alkyl halides is 1. The Hall–Kier alpha value is -1.91. The van der Waals surface area contributed by atoms with Crippen molar-refractivity contribution in [2.75, 3.05) is 0 Å². The zero-order valence-corrected chi connectivity index (χ0v) is 10.4. The number of aliphatic hydroxyl groups excluding tert-OH is 1. The van der Waals surface area contributed by atoms with Gasteiger partial charge in [0.1, 0.15) is 6.10 Å². The van der Waals surface area contributed by atoms with Gasteiger partial charge in [-0.1, -0.05) is 0 Å². The lowest BCUT2D eigenvalue weighted by Crippen LogP contribution is -2.64. The lowest BCUT2D eigenvalue weighted by molar-refractivity contribution is -0.122. The summed E-state index contributed by atoms with van der Waals surface area (Å²) in [5.74, 6) is -1.24. The number of carbonyl (C=O) groups excluding carboxylic acids is 1. The van der Waals surface area contributed by atoms with Gasteiger partial charge in [-0.2, -0.15) is 4.99 Å². The average molecular weight is 284 g/mol. The Morgan fingerprint density at radius 1 is 1.70 bits per heavy atom. The summed E-state index contributed by atoms with van der Waals surface area (Å²) in [7, 11) is 0. The van der Waals surface area contributed by atoms with Gasteiger partial charge in [0.15, 0.2) is 18.2 Å². The van der Waals surface area contributed by atoms with Crippen LogP contribution in [0.15, 0.2) is 9.98 Å². The highest BCUT2D eigenvalue weighted by molar-refractivity contribution is 6.26. The van der Waals surface area contributed by atoms with Gasteiger partial charge in [-0.25, -0.2) is 9.38 Å². The second kappa shape index (κ2) is 4.04. The molecule has 3 heterocycles. The number of amidine groups is 1. The maximum Gasteiger partial charge on any atom is 0.277 e. The molecule has 0 aromatic carbocycles. The molecule has 1 amide bonds. The molecule has 1 saturated heterocycles.